The number of nitrogens with zero attached hydrogens (tertiary/aromatic N) is 5. The number of rotatable bonds is 5. The Balaban J connectivity index is 1.19. The second-order valence-electron chi connectivity index (χ2n) is 13.0. The van der Waals surface area contributed by atoms with Crippen LogP contribution in [0.15, 0.2) is 173 Å². The van der Waals surface area contributed by atoms with Crippen LogP contribution in [0.4, 0.5) is 0 Å². The van der Waals surface area contributed by atoms with Gasteiger partial charge >= 0.3 is 0 Å². The van der Waals surface area contributed by atoms with Gasteiger partial charge in [-0.2, -0.15) is 9.97 Å². The summed E-state index contributed by atoms with van der Waals surface area (Å²) in [7, 11) is 0. The highest BCUT2D eigenvalue weighted by Crippen LogP contribution is 2.39. The molecule has 0 saturated carbocycles. The third-order valence-electron chi connectivity index (χ3n) is 9.92. The number of furan rings is 1. The van der Waals surface area contributed by atoms with E-state index in [1.165, 1.54) is 0 Å². The van der Waals surface area contributed by atoms with Gasteiger partial charge in [-0.15, -0.1) is 0 Å². The molecule has 7 heteroatoms. The molecule has 11 aromatic rings. The number of aromatic nitrogens is 5. The predicted molar refractivity (Wildman–Crippen MR) is 211 cm³/mol. The summed E-state index contributed by atoms with van der Waals surface area (Å²) in [4.78, 5) is 20.4. The lowest BCUT2D eigenvalue weighted by atomic mass is 9.99. The Morgan fingerprint density at radius 1 is 0.415 bits per heavy atom. The van der Waals surface area contributed by atoms with Crippen molar-refractivity contribution >= 4 is 54.8 Å². The Morgan fingerprint density at radius 3 is 1.96 bits per heavy atom. The SMILES string of the molecule is c1ccc(-c2nc3cccc(-c4nc(-c5ccc6c(c5)oc5ccccc56)nc(-n5c6ccccc6c6c(-c7ccccc7)cccc65)n4)c3o2)cc1. The molecule has 0 fully saturated rings. The van der Waals surface area contributed by atoms with Crippen molar-refractivity contribution in [3.63, 3.8) is 0 Å². The van der Waals surface area contributed by atoms with E-state index in [1.807, 2.05) is 78.9 Å². The third kappa shape index (κ3) is 4.68. The highest BCUT2D eigenvalue weighted by molar-refractivity contribution is 6.15. The maximum Gasteiger partial charge on any atom is 0.238 e. The van der Waals surface area contributed by atoms with E-state index in [0.29, 0.717) is 29.1 Å². The zero-order chi connectivity index (χ0) is 34.9. The van der Waals surface area contributed by atoms with Gasteiger partial charge in [0.05, 0.1) is 16.6 Å². The summed E-state index contributed by atoms with van der Waals surface area (Å²) in [5, 5.41) is 4.34. The van der Waals surface area contributed by atoms with Crippen molar-refractivity contribution in [1.29, 1.82) is 0 Å². The number of hydrogen-bond donors (Lipinski definition) is 0. The van der Waals surface area contributed by atoms with Crippen molar-refractivity contribution < 1.29 is 8.83 Å². The normalized spacial score (nSPS) is 11.8. The van der Waals surface area contributed by atoms with Crippen LogP contribution in [-0.2, 0) is 0 Å². The molecular weight excluding hydrogens is 655 g/mol. The van der Waals surface area contributed by atoms with Crippen LogP contribution in [-0.4, -0.2) is 24.5 Å². The Bertz CT molecular complexity index is 3180. The highest BCUT2D eigenvalue weighted by Gasteiger charge is 2.22. The first-order valence-electron chi connectivity index (χ1n) is 17.5. The van der Waals surface area contributed by atoms with Gasteiger partial charge in [0.1, 0.15) is 16.7 Å². The summed E-state index contributed by atoms with van der Waals surface area (Å²) in [5.74, 6) is 2.01. The van der Waals surface area contributed by atoms with E-state index in [4.69, 9.17) is 28.8 Å². The van der Waals surface area contributed by atoms with Gasteiger partial charge in [0.15, 0.2) is 17.2 Å². The molecule has 0 bridgehead atoms. The van der Waals surface area contributed by atoms with E-state index >= 15 is 0 Å². The Labute approximate surface area is 302 Å². The fourth-order valence-electron chi connectivity index (χ4n) is 7.50. The quantitative estimate of drug-likeness (QED) is 0.180. The maximum absolute atomic E-state index is 6.48. The molecule has 0 atom stereocenters. The van der Waals surface area contributed by atoms with Crippen molar-refractivity contribution in [1.82, 2.24) is 24.5 Å². The minimum Gasteiger partial charge on any atom is -0.456 e. The lowest BCUT2D eigenvalue weighted by Crippen LogP contribution is -2.06. The minimum atomic E-state index is 0.473. The second-order valence-corrected chi connectivity index (χ2v) is 13.0. The molecular formula is C46H27N5O2. The molecule has 0 aliphatic rings. The van der Waals surface area contributed by atoms with E-state index in [0.717, 1.165) is 77.1 Å². The van der Waals surface area contributed by atoms with Gasteiger partial charge in [-0.05, 0) is 65.7 Å². The predicted octanol–water partition coefficient (Wildman–Crippen LogP) is 11.7. The topological polar surface area (TPSA) is 82.8 Å². The van der Waals surface area contributed by atoms with Gasteiger partial charge in [-0.3, -0.25) is 4.57 Å². The van der Waals surface area contributed by atoms with Gasteiger partial charge < -0.3 is 8.83 Å². The second kappa shape index (κ2) is 11.6. The Kier molecular flexibility index (Phi) is 6.42. The average molecular weight is 682 g/mol. The fraction of sp³-hybridized carbons (Fsp3) is 0. The van der Waals surface area contributed by atoms with E-state index < -0.39 is 0 Å². The maximum atomic E-state index is 6.48. The Hall–Kier alpha value is -7.38. The molecule has 7 aromatic carbocycles. The monoisotopic (exact) mass is 681 g/mol. The van der Waals surface area contributed by atoms with E-state index in [-0.39, 0.29) is 0 Å². The average Bonchev–Trinajstić information content (AvgIpc) is 3.93. The molecule has 0 radical (unpaired) electrons. The van der Waals surface area contributed by atoms with Crippen LogP contribution in [0.25, 0.3) is 106 Å². The first kappa shape index (κ1) is 29.4. The summed E-state index contributed by atoms with van der Waals surface area (Å²) in [6.07, 6.45) is 0. The molecule has 0 amide bonds. The van der Waals surface area contributed by atoms with Gasteiger partial charge in [0, 0.05) is 32.7 Å². The molecule has 0 saturated heterocycles. The molecule has 53 heavy (non-hydrogen) atoms. The Morgan fingerprint density at radius 2 is 1.09 bits per heavy atom. The fourth-order valence-corrected chi connectivity index (χ4v) is 7.50. The first-order chi connectivity index (χ1) is 26.3. The van der Waals surface area contributed by atoms with Crippen molar-refractivity contribution in [2.75, 3.05) is 0 Å². The zero-order valence-electron chi connectivity index (χ0n) is 28.1. The molecule has 0 aliphatic carbocycles. The molecule has 0 N–H and O–H groups in total. The summed E-state index contributed by atoms with van der Waals surface area (Å²) in [6, 6.07) is 55.3. The molecule has 4 aromatic heterocycles. The first-order valence-corrected chi connectivity index (χ1v) is 17.5. The number of para-hydroxylation sites is 3. The largest absolute Gasteiger partial charge is 0.456 e. The summed E-state index contributed by atoms with van der Waals surface area (Å²) in [6.45, 7) is 0. The zero-order valence-corrected chi connectivity index (χ0v) is 28.1. The summed E-state index contributed by atoms with van der Waals surface area (Å²) >= 11 is 0. The highest BCUT2D eigenvalue weighted by atomic mass is 16.3. The van der Waals surface area contributed by atoms with Crippen molar-refractivity contribution in [3.05, 3.63) is 164 Å². The van der Waals surface area contributed by atoms with E-state index in [9.17, 15) is 0 Å². The van der Waals surface area contributed by atoms with Crippen LogP contribution in [0.2, 0.25) is 0 Å². The minimum absolute atomic E-state index is 0.473. The van der Waals surface area contributed by atoms with Crippen molar-refractivity contribution in [3.8, 4) is 51.3 Å². The number of fused-ring (bicyclic) bond motifs is 7. The van der Waals surface area contributed by atoms with Gasteiger partial charge in [0.25, 0.3) is 0 Å². The van der Waals surface area contributed by atoms with Crippen LogP contribution in [0, 0.1) is 0 Å². The van der Waals surface area contributed by atoms with Crippen molar-refractivity contribution in [2.45, 2.75) is 0 Å². The summed E-state index contributed by atoms with van der Waals surface area (Å²) in [5.41, 5.74) is 9.62. The summed E-state index contributed by atoms with van der Waals surface area (Å²) < 4.78 is 14.9. The lowest BCUT2D eigenvalue weighted by Gasteiger charge is -2.11. The van der Waals surface area contributed by atoms with E-state index in [2.05, 4.69) is 89.5 Å². The number of oxazole rings is 1. The van der Waals surface area contributed by atoms with Crippen molar-refractivity contribution in [2.24, 2.45) is 0 Å². The number of hydrogen-bond acceptors (Lipinski definition) is 6. The van der Waals surface area contributed by atoms with Crippen LogP contribution in [0.1, 0.15) is 0 Å². The smallest absolute Gasteiger partial charge is 0.238 e. The van der Waals surface area contributed by atoms with Crippen LogP contribution < -0.4 is 0 Å². The molecule has 11 rings (SSSR count). The van der Waals surface area contributed by atoms with Crippen LogP contribution >= 0.6 is 0 Å². The van der Waals surface area contributed by atoms with Crippen LogP contribution in [0.3, 0.4) is 0 Å². The van der Waals surface area contributed by atoms with Gasteiger partial charge in [0.2, 0.25) is 11.8 Å². The standard InChI is InChI=1S/C46H27N5O2/c1-3-13-28(14-4-1)31-19-12-23-38-41(31)34-18-7-9-22-37(34)51(38)46-49-43(30-25-26-33-32-17-8-10-24-39(32)52-40(33)27-30)48-44(50-46)35-20-11-21-36-42(35)53-45(47-36)29-15-5-2-6-16-29/h1-27H. The van der Waals surface area contributed by atoms with Crippen LogP contribution in [0.5, 0.6) is 0 Å². The van der Waals surface area contributed by atoms with Gasteiger partial charge in [-0.25, -0.2) is 9.97 Å². The molecule has 7 nitrogen and oxygen atoms in total. The van der Waals surface area contributed by atoms with E-state index in [1.54, 1.807) is 0 Å². The van der Waals surface area contributed by atoms with Gasteiger partial charge in [-0.1, -0.05) is 109 Å². The molecule has 248 valence electrons. The molecule has 0 unspecified atom stereocenters. The molecule has 0 spiro atoms. The third-order valence-corrected chi connectivity index (χ3v) is 9.92. The molecule has 0 aliphatic heterocycles. The number of benzene rings is 7. The molecule has 4 heterocycles. The lowest BCUT2D eigenvalue weighted by molar-refractivity contribution is 0.620.